The fraction of sp³-hybridized carbons (Fsp3) is 0.294. The molecule has 0 saturated heterocycles. The van der Waals surface area contributed by atoms with Crippen molar-refractivity contribution in [1.82, 2.24) is 14.7 Å². The summed E-state index contributed by atoms with van der Waals surface area (Å²) in [6.45, 7) is 0.243. The van der Waals surface area contributed by atoms with Gasteiger partial charge in [0, 0.05) is 29.8 Å². The second-order valence-corrected chi connectivity index (χ2v) is 7.31. The number of rotatable bonds is 1. The smallest absolute Gasteiger partial charge is 0.365 e. The van der Waals surface area contributed by atoms with Crippen molar-refractivity contribution in [3.63, 3.8) is 0 Å². The van der Waals surface area contributed by atoms with Crippen LogP contribution in [0.2, 0.25) is 0 Å². The molecule has 1 N–H and O–H groups in total. The average molecular weight is 445 g/mol. The number of hydrogen-bond donors (Lipinski definition) is 1. The van der Waals surface area contributed by atoms with Crippen molar-refractivity contribution in [1.29, 1.82) is 0 Å². The molecular formula is C17H13BrF4N4O. The SMILES string of the molecule is O=C(c1cc2n(n1)C=C(Br)CN2)N1CCc2c(F)cccc2C1C(F)(F)F. The quantitative estimate of drug-likeness (QED) is 0.677. The van der Waals surface area contributed by atoms with Gasteiger partial charge in [0.25, 0.3) is 5.91 Å². The number of anilines is 1. The van der Waals surface area contributed by atoms with Crippen molar-refractivity contribution in [2.24, 2.45) is 0 Å². The highest BCUT2D eigenvalue weighted by molar-refractivity contribution is 9.11. The molecule has 1 amide bonds. The highest BCUT2D eigenvalue weighted by Gasteiger charge is 2.50. The molecular weight excluding hydrogens is 432 g/mol. The highest BCUT2D eigenvalue weighted by atomic mass is 79.9. The summed E-state index contributed by atoms with van der Waals surface area (Å²) in [6, 6.07) is 2.77. The van der Waals surface area contributed by atoms with Gasteiger partial charge in [-0.1, -0.05) is 28.1 Å². The molecule has 2 aromatic rings. The van der Waals surface area contributed by atoms with E-state index in [1.54, 1.807) is 6.20 Å². The Morgan fingerprint density at radius 3 is 2.85 bits per heavy atom. The Hall–Kier alpha value is -2.36. The summed E-state index contributed by atoms with van der Waals surface area (Å²) in [5, 5.41) is 7.08. The van der Waals surface area contributed by atoms with Gasteiger partial charge in [0.05, 0.1) is 0 Å². The Labute approximate surface area is 159 Å². The molecule has 5 nitrogen and oxygen atoms in total. The summed E-state index contributed by atoms with van der Waals surface area (Å²) >= 11 is 3.30. The number of carbonyl (C=O) groups is 1. The molecule has 0 saturated carbocycles. The predicted molar refractivity (Wildman–Crippen MR) is 93.9 cm³/mol. The number of alkyl halides is 3. The predicted octanol–water partition coefficient (Wildman–Crippen LogP) is 3.94. The minimum Gasteiger partial charge on any atom is -0.365 e. The summed E-state index contributed by atoms with van der Waals surface area (Å²) in [5.74, 6) is -1.03. The summed E-state index contributed by atoms with van der Waals surface area (Å²) in [4.78, 5) is 13.6. The van der Waals surface area contributed by atoms with Crippen LogP contribution in [0, 0.1) is 5.82 Å². The van der Waals surface area contributed by atoms with Crippen LogP contribution in [-0.4, -0.2) is 39.9 Å². The average Bonchev–Trinajstić information content (AvgIpc) is 3.02. The zero-order valence-corrected chi connectivity index (χ0v) is 15.3. The van der Waals surface area contributed by atoms with E-state index >= 15 is 0 Å². The molecule has 0 aliphatic carbocycles. The Bertz CT molecular complexity index is 953. The Morgan fingerprint density at radius 2 is 2.11 bits per heavy atom. The number of amides is 1. The van der Waals surface area contributed by atoms with E-state index in [4.69, 9.17) is 0 Å². The molecule has 1 aromatic heterocycles. The van der Waals surface area contributed by atoms with E-state index in [2.05, 4.69) is 26.3 Å². The third kappa shape index (κ3) is 3.11. The van der Waals surface area contributed by atoms with Crippen LogP contribution in [0.5, 0.6) is 0 Å². The van der Waals surface area contributed by atoms with Crippen LogP contribution in [-0.2, 0) is 6.42 Å². The van der Waals surface area contributed by atoms with E-state index in [0.29, 0.717) is 12.4 Å². The van der Waals surface area contributed by atoms with Gasteiger partial charge in [0.15, 0.2) is 11.7 Å². The largest absolute Gasteiger partial charge is 0.413 e. The molecule has 10 heteroatoms. The van der Waals surface area contributed by atoms with Crippen LogP contribution >= 0.6 is 15.9 Å². The lowest BCUT2D eigenvalue weighted by Gasteiger charge is -2.38. The topological polar surface area (TPSA) is 50.2 Å². The van der Waals surface area contributed by atoms with E-state index in [9.17, 15) is 22.4 Å². The van der Waals surface area contributed by atoms with Crippen molar-refractivity contribution in [2.45, 2.75) is 18.6 Å². The first-order valence-corrected chi connectivity index (χ1v) is 8.89. The highest BCUT2D eigenvalue weighted by Crippen LogP contribution is 2.43. The first-order valence-electron chi connectivity index (χ1n) is 8.10. The first-order chi connectivity index (χ1) is 12.8. The molecule has 1 atom stereocenters. The van der Waals surface area contributed by atoms with E-state index in [-0.39, 0.29) is 29.8 Å². The Morgan fingerprint density at radius 1 is 1.33 bits per heavy atom. The van der Waals surface area contributed by atoms with Gasteiger partial charge in [-0.05, 0) is 23.6 Å². The second kappa shape index (κ2) is 6.36. The summed E-state index contributed by atoms with van der Waals surface area (Å²) in [5.41, 5.74) is -0.335. The number of hydrogen-bond acceptors (Lipinski definition) is 3. The zero-order chi connectivity index (χ0) is 19.3. The molecule has 27 heavy (non-hydrogen) atoms. The summed E-state index contributed by atoms with van der Waals surface area (Å²) in [6.07, 6.45) is -3.10. The molecule has 2 aliphatic heterocycles. The van der Waals surface area contributed by atoms with Crippen molar-refractivity contribution in [3.05, 3.63) is 51.4 Å². The molecule has 0 bridgehead atoms. The monoisotopic (exact) mass is 444 g/mol. The zero-order valence-electron chi connectivity index (χ0n) is 13.7. The van der Waals surface area contributed by atoms with Crippen LogP contribution in [0.15, 0.2) is 28.7 Å². The number of nitrogens with one attached hydrogen (secondary N) is 1. The van der Waals surface area contributed by atoms with Gasteiger partial charge in [-0.3, -0.25) is 4.79 Å². The van der Waals surface area contributed by atoms with Crippen molar-refractivity contribution >= 4 is 33.9 Å². The number of fused-ring (bicyclic) bond motifs is 2. The molecule has 0 spiro atoms. The fourth-order valence-corrected chi connectivity index (χ4v) is 3.76. The molecule has 0 fully saturated rings. The van der Waals surface area contributed by atoms with Gasteiger partial charge in [0.1, 0.15) is 11.6 Å². The molecule has 1 unspecified atom stereocenters. The van der Waals surface area contributed by atoms with E-state index < -0.39 is 23.9 Å². The van der Waals surface area contributed by atoms with Crippen LogP contribution in [0.1, 0.15) is 27.7 Å². The minimum absolute atomic E-state index is 0.00143. The lowest BCUT2D eigenvalue weighted by molar-refractivity contribution is -0.181. The van der Waals surface area contributed by atoms with Crippen LogP contribution in [0.3, 0.4) is 0 Å². The lowest BCUT2D eigenvalue weighted by atomic mass is 9.91. The molecule has 142 valence electrons. The second-order valence-electron chi connectivity index (χ2n) is 6.29. The molecule has 2 aliphatic rings. The third-order valence-electron chi connectivity index (χ3n) is 4.59. The van der Waals surface area contributed by atoms with Gasteiger partial charge in [-0.15, -0.1) is 0 Å². The number of halogens is 5. The van der Waals surface area contributed by atoms with E-state index in [0.717, 1.165) is 15.4 Å². The van der Waals surface area contributed by atoms with Crippen LogP contribution in [0.4, 0.5) is 23.4 Å². The maximum Gasteiger partial charge on any atom is 0.413 e. The van der Waals surface area contributed by atoms with Crippen LogP contribution in [0.25, 0.3) is 6.20 Å². The van der Waals surface area contributed by atoms with E-state index in [1.165, 1.54) is 22.9 Å². The van der Waals surface area contributed by atoms with E-state index in [1.807, 2.05) is 0 Å². The third-order valence-corrected chi connectivity index (χ3v) is 5.08. The number of nitrogens with zero attached hydrogens (tertiary/aromatic N) is 3. The van der Waals surface area contributed by atoms with Gasteiger partial charge in [-0.25, -0.2) is 9.07 Å². The standard InChI is InChI=1S/C17H13BrF4N4O/c18-9-7-23-14-6-13(24-26(14)8-9)16(27)25-5-4-10-11(2-1-3-12(10)19)15(25)17(20,21)22/h1-3,6,8,15,23H,4-5,7H2. The summed E-state index contributed by atoms with van der Waals surface area (Å²) < 4.78 is 57.5. The molecule has 4 rings (SSSR count). The van der Waals surface area contributed by atoms with Gasteiger partial charge in [-0.2, -0.15) is 18.3 Å². The maximum absolute atomic E-state index is 14.0. The first kappa shape index (κ1) is 18.0. The number of benzene rings is 1. The molecule has 1 aromatic carbocycles. The molecule has 0 radical (unpaired) electrons. The lowest BCUT2D eigenvalue weighted by Crippen LogP contribution is -2.46. The maximum atomic E-state index is 14.0. The number of aromatic nitrogens is 2. The fourth-order valence-electron chi connectivity index (χ4n) is 3.43. The summed E-state index contributed by atoms with van der Waals surface area (Å²) in [7, 11) is 0. The van der Waals surface area contributed by atoms with Gasteiger partial charge < -0.3 is 10.2 Å². The molecule has 3 heterocycles. The van der Waals surface area contributed by atoms with Crippen LogP contribution < -0.4 is 5.32 Å². The van der Waals surface area contributed by atoms with Crippen molar-refractivity contribution in [2.75, 3.05) is 18.4 Å². The minimum atomic E-state index is -4.74. The van der Waals surface area contributed by atoms with Crippen molar-refractivity contribution in [3.8, 4) is 0 Å². The van der Waals surface area contributed by atoms with Gasteiger partial charge >= 0.3 is 6.18 Å². The van der Waals surface area contributed by atoms with Crippen molar-refractivity contribution < 1.29 is 22.4 Å². The number of carbonyl (C=O) groups excluding carboxylic acids is 1. The Kier molecular flexibility index (Phi) is 4.25. The Balaban J connectivity index is 1.73. The normalized spacial score (nSPS) is 19.1. The van der Waals surface area contributed by atoms with Gasteiger partial charge in [0.2, 0.25) is 0 Å².